The number of carbonyl (C=O) groups excluding carboxylic acids is 1. The number of carbonyl (C=O) groups is 1. The highest BCUT2D eigenvalue weighted by Gasteiger charge is 2.14. The molecule has 4 heteroatoms. The summed E-state index contributed by atoms with van der Waals surface area (Å²) in [6.45, 7) is 1.90. The van der Waals surface area contributed by atoms with Crippen LogP contribution in [-0.4, -0.2) is 11.0 Å². The smallest absolute Gasteiger partial charge is 0.253 e. The van der Waals surface area contributed by atoms with Crippen molar-refractivity contribution in [2.75, 3.05) is 5.73 Å². The standard InChI is InChI=1S/C15H16N2O2/c1-10(11-5-3-2-4-6-11)17-15(19)13-9-12(18)7-8-14(13)16/h2-10,18H,16H2,1H3,(H,17,19)/t10-/m1/s1. The van der Waals surface area contributed by atoms with Gasteiger partial charge in [-0.15, -0.1) is 0 Å². The Kier molecular flexibility index (Phi) is 3.71. The molecule has 0 fully saturated rings. The number of rotatable bonds is 3. The number of hydrogen-bond donors (Lipinski definition) is 3. The number of benzene rings is 2. The Morgan fingerprint density at radius 2 is 1.89 bits per heavy atom. The second-order valence-corrected chi connectivity index (χ2v) is 4.38. The van der Waals surface area contributed by atoms with Crippen molar-refractivity contribution in [3.63, 3.8) is 0 Å². The van der Waals surface area contributed by atoms with Crippen LogP contribution in [0.4, 0.5) is 5.69 Å². The van der Waals surface area contributed by atoms with E-state index in [0.29, 0.717) is 5.69 Å². The van der Waals surface area contributed by atoms with Crippen molar-refractivity contribution < 1.29 is 9.90 Å². The number of phenols is 1. The Morgan fingerprint density at radius 1 is 1.21 bits per heavy atom. The monoisotopic (exact) mass is 256 g/mol. The number of amides is 1. The maximum Gasteiger partial charge on any atom is 0.253 e. The van der Waals surface area contributed by atoms with Crippen LogP contribution < -0.4 is 11.1 Å². The van der Waals surface area contributed by atoms with Gasteiger partial charge in [-0.1, -0.05) is 30.3 Å². The fourth-order valence-corrected chi connectivity index (χ4v) is 1.84. The molecule has 19 heavy (non-hydrogen) atoms. The van der Waals surface area contributed by atoms with E-state index in [2.05, 4.69) is 5.32 Å². The van der Waals surface area contributed by atoms with Crippen LogP contribution in [0.15, 0.2) is 48.5 Å². The molecular formula is C15H16N2O2. The molecule has 1 amide bonds. The predicted molar refractivity (Wildman–Crippen MR) is 74.8 cm³/mol. The van der Waals surface area contributed by atoms with E-state index in [1.807, 2.05) is 37.3 Å². The normalized spacial score (nSPS) is 11.8. The number of nitrogen functional groups attached to an aromatic ring is 1. The molecule has 0 heterocycles. The van der Waals surface area contributed by atoms with Crippen LogP contribution >= 0.6 is 0 Å². The third-order valence-electron chi connectivity index (χ3n) is 2.93. The molecule has 2 aromatic rings. The molecule has 2 aromatic carbocycles. The van der Waals surface area contributed by atoms with E-state index < -0.39 is 0 Å². The SMILES string of the molecule is C[C@@H](NC(=O)c1cc(O)ccc1N)c1ccccc1. The van der Waals surface area contributed by atoms with Gasteiger partial charge in [-0.25, -0.2) is 0 Å². The molecule has 98 valence electrons. The lowest BCUT2D eigenvalue weighted by molar-refractivity contribution is 0.0940. The predicted octanol–water partition coefficient (Wildman–Crippen LogP) is 2.47. The van der Waals surface area contributed by atoms with Crippen LogP contribution in [0, 0.1) is 0 Å². The van der Waals surface area contributed by atoms with E-state index in [0.717, 1.165) is 5.56 Å². The summed E-state index contributed by atoms with van der Waals surface area (Å²) in [6.07, 6.45) is 0. The maximum absolute atomic E-state index is 12.1. The van der Waals surface area contributed by atoms with Crippen LogP contribution in [0.25, 0.3) is 0 Å². The van der Waals surface area contributed by atoms with Gasteiger partial charge >= 0.3 is 0 Å². The van der Waals surface area contributed by atoms with Crippen LogP contribution in [0.5, 0.6) is 5.75 Å². The third-order valence-corrected chi connectivity index (χ3v) is 2.93. The Balaban J connectivity index is 2.15. The summed E-state index contributed by atoms with van der Waals surface area (Å²) < 4.78 is 0. The minimum atomic E-state index is -0.301. The highest BCUT2D eigenvalue weighted by Crippen LogP contribution is 2.20. The van der Waals surface area contributed by atoms with E-state index >= 15 is 0 Å². The summed E-state index contributed by atoms with van der Waals surface area (Å²) in [5.74, 6) is -0.281. The molecule has 4 nitrogen and oxygen atoms in total. The number of nitrogens with one attached hydrogen (secondary N) is 1. The molecule has 4 N–H and O–H groups in total. The summed E-state index contributed by atoms with van der Waals surface area (Å²) in [5.41, 5.74) is 7.37. The number of phenolic OH excluding ortho intramolecular Hbond substituents is 1. The van der Waals surface area contributed by atoms with Crippen molar-refractivity contribution >= 4 is 11.6 Å². The third kappa shape index (κ3) is 3.04. The van der Waals surface area contributed by atoms with Gasteiger partial charge < -0.3 is 16.2 Å². The summed E-state index contributed by atoms with van der Waals surface area (Å²) in [4.78, 5) is 12.1. The molecule has 2 rings (SSSR count). The van der Waals surface area contributed by atoms with E-state index in [4.69, 9.17) is 5.73 Å². The first-order valence-electron chi connectivity index (χ1n) is 6.02. The molecule has 0 saturated heterocycles. The molecule has 0 aromatic heterocycles. The van der Waals surface area contributed by atoms with E-state index in [1.165, 1.54) is 18.2 Å². The lowest BCUT2D eigenvalue weighted by atomic mass is 10.1. The van der Waals surface area contributed by atoms with Crippen LogP contribution in [0.3, 0.4) is 0 Å². The number of aromatic hydroxyl groups is 1. The molecule has 0 spiro atoms. The van der Waals surface area contributed by atoms with Gasteiger partial charge in [-0.3, -0.25) is 4.79 Å². The van der Waals surface area contributed by atoms with Gasteiger partial charge in [-0.2, -0.15) is 0 Å². The summed E-state index contributed by atoms with van der Waals surface area (Å²) >= 11 is 0. The first kappa shape index (κ1) is 13.0. The van der Waals surface area contributed by atoms with E-state index in [-0.39, 0.29) is 23.3 Å². The molecule has 0 saturated carbocycles. The van der Waals surface area contributed by atoms with Crippen molar-refractivity contribution in [2.45, 2.75) is 13.0 Å². The molecular weight excluding hydrogens is 240 g/mol. The van der Waals surface area contributed by atoms with Gasteiger partial charge in [0.2, 0.25) is 0 Å². The number of nitrogens with two attached hydrogens (primary N) is 1. The van der Waals surface area contributed by atoms with E-state index in [1.54, 1.807) is 0 Å². The van der Waals surface area contributed by atoms with Gasteiger partial charge in [0, 0.05) is 5.69 Å². The van der Waals surface area contributed by atoms with Crippen molar-refractivity contribution in [3.05, 3.63) is 59.7 Å². The minimum Gasteiger partial charge on any atom is -0.508 e. The van der Waals surface area contributed by atoms with Gasteiger partial charge in [0.15, 0.2) is 0 Å². The number of anilines is 1. The molecule has 0 aliphatic heterocycles. The lowest BCUT2D eigenvalue weighted by Gasteiger charge is -2.15. The molecule has 0 aliphatic rings. The van der Waals surface area contributed by atoms with Gasteiger partial charge in [0.1, 0.15) is 5.75 Å². The lowest BCUT2D eigenvalue weighted by Crippen LogP contribution is -2.27. The molecule has 0 bridgehead atoms. The first-order valence-corrected chi connectivity index (χ1v) is 6.02. The second-order valence-electron chi connectivity index (χ2n) is 4.38. The minimum absolute atomic E-state index is 0.0201. The van der Waals surface area contributed by atoms with Crippen molar-refractivity contribution in [3.8, 4) is 5.75 Å². The highest BCUT2D eigenvalue weighted by molar-refractivity contribution is 5.99. The molecule has 0 radical (unpaired) electrons. The summed E-state index contributed by atoms with van der Waals surface area (Å²) in [6, 6.07) is 13.8. The van der Waals surface area contributed by atoms with Gasteiger partial charge in [0.25, 0.3) is 5.91 Å². The fraction of sp³-hybridized carbons (Fsp3) is 0.133. The largest absolute Gasteiger partial charge is 0.508 e. The quantitative estimate of drug-likeness (QED) is 0.583. The van der Waals surface area contributed by atoms with Crippen molar-refractivity contribution in [1.29, 1.82) is 0 Å². The Morgan fingerprint density at radius 3 is 2.58 bits per heavy atom. The second kappa shape index (κ2) is 5.44. The molecule has 0 aliphatic carbocycles. The van der Waals surface area contributed by atoms with Crippen molar-refractivity contribution in [2.24, 2.45) is 0 Å². The van der Waals surface area contributed by atoms with E-state index in [9.17, 15) is 9.90 Å². The molecule has 1 atom stereocenters. The Hall–Kier alpha value is -2.49. The van der Waals surface area contributed by atoms with Crippen LogP contribution in [-0.2, 0) is 0 Å². The zero-order valence-corrected chi connectivity index (χ0v) is 10.6. The first-order chi connectivity index (χ1) is 9.08. The zero-order chi connectivity index (χ0) is 13.8. The van der Waals surface area contributed by atoms with Gasteiger partial charge in [0.05, 0.1) is 11.6 Å². The van der Waals surface area contributed by atoms with Crippen molar-refractivity contribution in [1.82, 2.24) is 5.32 Å². The Bertz CT molecular complexity index is 582. The zero-order valence-electron chi connectivity index (χ0n) is 10.6. The average molecular weight is 256 g/mol. The van der Waals surface area contributed by atoms with Crippen LogP contribution in [0.2, 0.25) is 0 Å². The van der Waals surface area contributed by atoms with Crippen LogP contribution in [0.1, 0.15) is 28.9 Å². The topological polar surface area (TPSA) is 75.3 Å². The fourth-order valence-electron chi connectivity index (χ4n) is 1.84. The average Bonchev–Trinajstić information content (AvgIpc) is 2.42. The Labute approximate surface area is 111 Å². The summed E-state index contributed by atoms with van der Waals surface area (Å²) in [5, 5.41) is 12.3. The maximum atomic E-state index is 12.1. The highest BCUT2D eigenvalue weighted by atomic mass is 16.3. The van der Waals surface area contributed by atoms with Gasteiger partial charge in [-0.05, 0) is 30.7 Å². The summed E-state index contributed by atoms with van der Waals surface area (Å²) in [7, 11) is 0. The number of hydrogen-bond acceptors (Lipinski definition) is 3. The molecule has 0 unspecified atom stereocenters.